The molecule has 18 heavy (non-hydrogen) atoms. The summed E-state index contributed by atoms with van der Waals surface area (Å²) >= 11 is 2.45. The van der Waals surface area contributed by atoms with E-state index in [4.69, 9.17) is 0 Å². The highest BCUT2D eigenvalue weighted by atomic mass is 127. The normalized spacial score (nSPS) is 10.8. The van der Waals surface area contributed by atoms with Gasteiger partial charge in [0.05, 0.1) is 0 Å². The maximum absolute atomic E-state index is 2.50. The molecule has 0 heterocycles. The summed E-state index contributed by atoms with van der Waals surface area (Å²) in [6, 6.07) is 21.4. The van der Waals surface area contributed by atoms with Crippen molar-refractivity contribution in [3.63, 3.8) is 0 Å². The molecule has 0 aliphatic carbocycles. The monoisotopic (exact) mass is 351 g/mol. The van der Waals surface area contributed by atoms with Crippen molar-refractivity contribution >= 4 is 22.6 Å². The van der Waals surface area contributed by atoms with E-state index in [0.717, 1.165) is 24.1 Å². The van der Waals surface area contributed by atoms with Gasteiger partial charge in [-0.15, -0.1) is 0 Å². The fourth-order valence-corrected chi connectivity index (χ4v) is 2.70. The molecule has 0 fully saturated rings. The Kier molecular flexibility index (Phi) is 5.68. The van der Waals surface area contributed by atoms with E-state index in [1.807, 2.05) is 0 Å². The maximum Gasteiger partial charge on any atom is 0.0237 e. The number of hydrogen-bond donors (Lipinski definition) is 0. The molecule has 0 aliphatic rings. The Morgan fingerprint density at radius 2 is 1.17 bits per heavy atom. The third-order valence-corrected chi connectivity index (χ3v) is 3.38. The van der Waals surface area contributed by atoms with Gasteiger partial charge in [-0.1, -0.05) is 83.3 Å². The molecule has 94 valence electrons. The predicted octanol–water partition coefficient (Wildman–Crippen LogP) is 4.12. The lowest BCUT2D eigenvalue weighted by atomic mass is 10.1. The molecule has 0 amide bonds. The van der Waals surface area contributed by atoms with Crippen LogP contribution in [-0.4, -0.2) is 15.9 Å². The van der Waals surface area contributed by atoms with E-state index in [0.29, 0.717) is 0 Å². The maximum atomic E-state index is 2.50. The molecule has 0 saturated heterocycles. The van der Waals surface area contributed by atoms with Crippen molar-refractivity contribution in [3.8, 4) is 0 Å². The van der Waals surface area contributed by atoms with Crippen molar-refractivity contribution in [1.82, 2.24) is 4.90 Å². The van der Waals surface area contributed by atoms with E-state index in [9.17, 15) is 0 Å². The van der Waals surface area contributed by atoms with Gasteiger partial charge in [-0.25, -0.2) is 0 Å². The fraction of sp³-hybridized carbons (Fsp3) is 0.250. The van der Waals surface area contributed by atoms with Crippen LogP contribution in [0.15, 0.2) is 60.7 Å². The molecule has 0 unspecified atom stereocenters. The average molecular weight is 351 g/mol. The summed E-state index contributed by atoms with van der Waals surface area (Å²) < 4.78 is 1.16. The Balaban J connectivity index is 2.00. The van der Waals surface area contributed by atoms with Crippen molar-refractivity contribution in [2.45, 2.75) is 13.1 Å². The number of hydrogen-bond acceptors (Lipinski definition) is 1. The second kappa shape index (κ2) is 7.54. The molecule has 2 rings (SSSR count). The standard InChI is InChI=1S/C16H18IN/c17-11-12-18(13-15-7-3-1-4-8-15)14-16-9-5-2-6-10-16/h1-10H,11-14H2. The van der Waals surface area contributed by atoms with Gasteiger partial charge in [0, 0.05) is 24.1 Å². The summed E-state index contributed by atoms with van der Waals surface area (Å²) in [7, 11) is 0. The summed E-state index contributed by atoms with van der Waals surface area (Å²) in [6.45, 7) is 3.18. The van der Waals surface area contributed by atoms with Crippen LogP contribution in [0.4, 0.5) is 0 Å². The van der Waals surface area contributed by atoms with Crippen LogP contribution in [0.5, 0.6) is 0 Å². The molecule has 1 nitrogen and oxygen atoms in total. The lowest BCUT2D eigenvalue weighted by molar-refractivity contribution is 0.275. The largest absolute Gasteiger partial charge is 0.294 e. The lowest BCUT2D eigenvalue weighted by Gasteiger charge is -2.21. The molecule has 0 atom stereocenters. The van der Waals surface area contributed by atoms with Gasteiger partial charge in [-0.3, -0.25) is 4.90 Å². The third kappa shape index (κ3) is 4.42. The van der Waals surface area contributed by atoms with Crippen molar-refractivity contribution in [3.05, 3.63) is 71.8 Å². The molecule has 0 N–H and O–H groups in total. The molecule has 0 aliphatic heterocycles. The molecule has 2 aromatic carbocycles. The van der Waals surface area contributed by atoms with Gasteiger partial charge in [0.25, 0.3) is 0 Å². The summed E-state index contributed by atoms with van der Waals surface area (Å²) in [5.74, 6) is 0. The van der Waals surface area contributed by atoms with Gasteiger partial charge in [-0.05, 0) is 11.1 Å². The van der Waals surface area contributed by atoms with E-state index in [1.165, 1.54) is 11.1 Å². The predicted molar refractivity (Wildman–Crippen MR) is 85.9 cm³/mol. The van der Waals surface area contributed by atoms with Crippen LogP contribution >= 0.6 is 22.6 Å². The quantitative estimate of drug-likeness (QED) is 0.559. The van der Waals surface area contributed by atoms with E-state index in [-0.39, 0.29) is 0 Å². The second-order valence-electron chi connectivity index (χ2n) is 4.37. The first-order valence-electron chi connectivity index (χ1n) is 6.24. The Morgan fingerprint density at radius 3 is 1.56 bits per heavy atom. The van der Waals surface area contributed by atoms with Gasteiger partial charge < -0.3 is 0 Å². The molecule has 0 bridgehead atoms. The first-order chi connectivity index (χ1) is 8.88. The van der Waals surface area contributed by atoms with E-state index < -0.39 is 0 Å². The van der Waals surface area contributed by atoms with E-state index >= 15 is 0 Å². The van der Waals surface area contributed by atoms with Crippen LogP contribution in [0.1, 0.15) is 11.1 Å². The number of nitrogens with zero attached hydrogens (tertiary/aromatic N) is 1. The number of halogens is 1. The minimum atomic E-state index is 1.03. The minimum absolute atomic E-state index is 1.03. The Hall–Kier alpha value is -0.870. The van der Waals surface area contributed by atoms with Crippen LogP contribution in [0.25, 0.3) is 0 Å². The first-order valence-corrected chi connectivity index (χ1v) is 7.77. The highest BCUT2D eigenvalue weighted by molar-refractivity contribution is 14.1. The molecule has 0 saturated carbocycles. The van der Waals surface area contributed by atoms with Crippen LogP contribution in [0.3, 0.4) is 0 Å². The van der Waals surface area contributed by atoms with E-state index in [2.05, 4.69) is 88.2 Å². The molecule has 0 spiro atoms. The summed E-state index contributed by atoms with van der Waals surface area (Å²) in [5.41, 5.74) is 2.77. The summed E-state index contributed by atoms with van der Waals surface area (Å²) in [4.78, 5) is 2.50. The number of benzene rings is 2. The average Bonchev–Trinajstić information content (AvgIpc) is 2.41. The van der Waals surface area contributed by atoms with Crippen LogP contribution in [0.2, 0.25) is 0 Å². The highest BCUT2D eigenvalue weighted by Crippen LogP contribution is 2.10. The van der Waals surface area contributed by atoms with Gasteiger partial charge >= 0.3 is 0 Å². The lowest BCUT2D eigenvalue weighted by Crippen LogP contribution is -2.24. The number of rotatable bonds is 6. The third-order valence-electron chi connectivity index (χ3n) is 2.90. The van der Waals surface area contributed by atoms with Crippen molar-refractivity contribution in [2.24, 2.45) is 0 Å². The SMILES string of the molecule is ICCN(Cc1ccccc1)Cc1ccccc1. The van der Waals surface area contributed by atoms with Crippen molar-refractivity contribution < 1.29 is 0 Å². The zero-order valence-electron chi connectivity index (χ0n) is 10.4. The molecule has 2 aromatic rings. The first kappa shape index (κ1) is 13.6. The number of alkyl halides is 1. The highest BCUT2D eigenvalue weighted by Gasteiger charge is 2.05. The second-order valence-corrected chi connectivity index (χ2v) is 5.45. The van der Waals surface area contributed by atoms with Crippen molar-refractivity contribution in [2.75, 3.05) is 11.0 Å². The Bertz CT molecular complexity index is 400. The zero-order valence-corrected chi connectivity index (χ0v) is 12.6. The van der Waals surface area contributed by atoms with Gasteiger partial charge in [-0.2, -0.15) is 0 Å². The van der Waals surface area contributed by atoms with Gasteiger partial charge in [0.2, 0.25) is 0 Å². The van der Waals surface area contributed by atoms with Gasteiger partial charge in [0.15, 0.2) is 0 Å². The van der Waals surface area contributed by atoms with E-state index in [1.54, 1.807) is 0 Å². The molecule has 0 aromatic heterocycles. The Labute approximate surface area is 123 Å². The van der Waals surface area contributed by atoms with Gasteiger partial charge in [0.1, 0.15) is 0 Å². The van der Waals surface area contributed by atoms with Crippen LogP contribution in [-0.2, 0) is 13.1 Å². The van der Waals surface area contributed by atoms with Crippen molar-refractivity contribution in [1.29, 1.82) is 0 Å². The van der Waals surface area contributed by atoms with Crippen LogP contribution in [0, 0.1) is 0 Å². The molecule has 0 radical (unpaired) electrons. The Morgan fingerprint density at radius 1 is 0.722 bits per heavy atom. The molecular formula is C16H18IN. The summed E-state index contributed by atoms with van der Waals surface area (Å²) in [6.07, 6.45) is 0. The smallest absolute Gasteiger partial charge is 0.0237 e. The van der Waals surface area contributed by atoms with Crippen LogP contribution < -0.4 is 0 Å². The summed E-state index contributed by atoms with van der Waals surface area (Å²) in [5, 5.41) is 0. The fourth-order valence-electron chi connectivity index (χ4n) is 2.02. The molecular weight excluding hydrogens is 333 g/mol. The topological polar surface area (TPSA) is 3.24 Å². The molecule has 2 heteroatoms. The zero-order chi connectivity index (χ0) is 12.6. The minimum Gasteiger partial charge on any atom is -0.294 e.